The first kappa shape index (κ1) is 23.5. The molecule has 0 saturated carbocycles. The van der Waals surface area contributed by atoms with Crippen LogP contribution in [-0.4, -0.2) is 36.9 Å². The second-order valence-corrected chi connectivity index (χ2v) is 5.67. The maximum atomic E-state index is 13.2. The summed E-state index contributed by atoms with van der Waals surface area (Å²) in [5.74, 6) is -2.79. The predicted molar refractivity (Wildman–Crippen MR) is 67.2 cm³/mol. The van der Waals surface area contributed by atoms with E-state index in [9.17, 15) is 52.7 Å². The van der Waals surface area contributed by atoms with Gasteiger partial charge in [0.25, 0.3) is 12.3 Å². The fraction of sp³-hybridized carbons (Fsp3) is 0.500. The molecule has 0 amide bonds. The fourth-order valence-corrected chi connectivity index (χ4v) is 1.90. The molecule has 0 heterocycles. The van der Waals surface area contributed by atoms with Crippen molar-refractivity contribution in [3.8, 4) is 11.5 Å². The van der Waals surface area contributed by atoms with E-state index in [0.29, 0.717) is 12.1 Å². The average Bonchev–Trinajstić information content (AvgIpc) is 2.41. The monoisotopic (exact) mass is 488 g/mol. The summed E-state index contributed by atoms with van der Waals surface area (Å²) in [7, 11) is 0. The highest BCUT2D eigenvalue weighted by molar-refractivity contribution is 9.10. The summed E-state index contributed by atoms with van der Waals surface area (Å²) in [6.45, 7) is 0. The third kappa shape index (κ3) is 6.24. The molecule has 0 N–H and O–H groups in total. The van der Waals surface area contributed by atoms with Crippen LogP contribution in [0.4, 0.5) is 52.7 Å². The number of halogens is 13. The average molecular weight is 489 g/mol. The van der Waals surface area contributed by atoms with Crippen molar-refractivity contribution in [1.29, 1.82) is 0 Å². The van der Waals surface area contributed by atoms with Crippen molar-refractivity contribution in [3.05, 3.63) is 22.7 Å². The molecule has 2 unspecified atom stereocenters. The predicted octanol–water partition coefficient (Wildman–Crippen LogP) is 6.19. The van der Waals surface area contributed by atoms with E-state index in [2.05, 4.69) is 25.4 Å². The number of hydrogen-bond donors (Lipinski definition) is 0. The third-order valence-corrected chi connectivity index (χ3v) is 2.98. The van der Waals surface area contributed by atoms with E-state index in [-0.39, 0.29) is 6.07 Å². The van der Waals surface area contributed by atoms with E-state index in [4.69, 9.17) is 0 Å². The minimum Gasteiger partial charge on any atom is -0.430 e. The van der Waals surface area contributed by atoms with Crippen molar-refractivity contribution in [2.24, 2.45) is 0 Å². The molecule has 15 heteroatoms. The molecule has 27 heavy (non-hydrogen) atoms. The molecule has 1 aromatic carbocycles. The van der Waals surface area contributed by atoms with Crippen molar-refractivity contribution < 1.29 is 62.2 Å². The summed E-state index contributed by atoms with van der Waals surface area (Å²) in [5, 5.41) is 0. The summed E-state index contributed by atoms with van der Waals surface area (Å²) in [6.07, 6.45) is -32.8. The highest BCUT2D eigenvalue weighted by Crippen LogP contribution is 2.40. The SMILES string of the molecule is FC(C(F)(F)F)C(F)(F)Oc1cc(Br)cc(OC(F)(F)C(F)C(F)(F)F)c1. The van der Waals surface area contributed by atoms with E-state index < -0.39 is 52.9 Å². The molecule has 0 saturated heterocycles. The van der Waals surface area contributed by atoms with Gasteiger partial charge in [-0.1, -0.05) is 15.9 Å². The number of rotatable bonds is 6. The highest BCUT2D eigenvalue weighted by atomic mass is 79.9. The molecular weight excluding hydrogens is 484 g/mol. The van der Waals surface area contributed by atoms with Crippen molar-refractivity contribution in [2.75, 3.05) is 0 Å². The second kappa shape index (κ2) is 7.47. The van der Waals surface area contributed by atoms with Crippen LogP contribution >= 0.6 is 15.9 Å². The van der Waals surface area contributed by atoms with Gasteiger partial charge in [0.2, 0.25) is 0 Å². The maximum absolute atomic E-state index is 13.2. The van der Waals surface area contributed by atoms with Gasteiger partial charge in [0.1, 0.15) is 11.5 Å². The summed E-state index contributed by atoms with van der Waals surface area (Å²) >= 11 is 2.50. The number of benzene rings is 1. The van der Waals surface area contributed by atoms with Crippen LogP contribution in [0.3, 0.4) is 0 Å². The van der Waals surface area contributed by atoms with E-state index in [1.165, 1.54) is 0 Å². The lowest BCUT2D eigenvalue weighted by Gasteiger charge is -2.25. The lowest BCUT2D eigenvalue weighted by molar-refractivity contribution is -0.305. The minimum absolute atomic E-state index is 0.0151. The van der Waals surface area contributed by atoms with Gasteiger partial charge in [-0.05, 0) is 12.1 Å². The van der Waals surface area contributed by atoms with Crippen LogP contribution in [0, 0.1) is 0 Å². The van der Waals surface area contributed by atoms with E-state index >= 15 is 0 Å². The van der Waals surface area contributed by atoms with Crippen molar-refractivity contribution >= 4 is 15.9 Å². The Morgan fingerprint density at radius 3 is 1.19 bits per heavy atom. The number of ether oxygens (including phenoxy) is 2. The molecule has 1 rings (SSSR count). The highest BCUT2D eigenvalue weighted by Gasteiger charge is 2.60. The zero-order valence-corrected chi connectivity index (χ0v) is 13.7. The van der Waals surface area contributed by atoms with E-state index in [0.717, 1.165) is 0 Å². The van der Waals surface area contributed by atoms with Crippen LogP contribution in [0.5, 0.6) is 11.5 Å². The molecule has 0 fully saturated rings. The lowest BCUT2D eigenvalue weighted by atomic mass is 10.3. The van der Waals surface area contributed by atoms with Gasteiger partial charge in [0, 0.05) is 10.5 Å². The first-order valence-electron chi connectivity index (χ1n) is 6.22. The first-order valence-corrected chi connectivity index (χ1v) is 7.01. The normalized spacial score (nSPS) is 16.0. The van der Waals surface area contributed by atoms with Crippen LogP contribution in [-0.2, 0) is 0 Å². The van der Waals surface area contributed by atoms with Crippen LogP contribution in [0.1, 0.15) is 0 Å². The van der Waals surface area contributed by atoms with Crippen molar-refractivity contribution in [3.63, 3.8) is 0 Å². The summed E-state index contributed by atoms with van der Waals surface area (Å²) < 4.78 is 157. The molecule has 0 aliphatic rings. The summed E-state index contributed by atoms with van der Waals surface area (Å²) in [4.78, 5) is 0. The topological polar surface area (TPSA) is 18.5 Å². The molecule has 1 aromatic rings. The molecule has 2 atom stereocenters. The quantitative estimate of drug-likeness (QED) is 0.444. The largest absolute Gasteiger partial charge is 0.439 e. The van der Waals surface area contributed by atoms with Gasteiger partial charge in [0.05, 0.1) is 0 Å². The first-order chi connectivity index (χ1) is 11.9. The molecule has 156 valence electrons. The third-order valence-electron chi connectivity index (χ3n) is 2.52. The van der Waals surface area contributed by atoms with Crippen LogP contribution in [0.15, 0.2) is 22.7 Å². The lowest BCUT2D eigenvalue weighted by Crippen LogP contribution is -2.46. The molecule has 0 bridgehead atoms. The molecule has 0 radical (unpaired) electrons. The Hall–Kier alpha value is -1.54. The minimum atomic E-state index is -6.05. The van der Waals surface area contributed by atoms with Crippen molar-refractivity contribution in [1.82, 2.24) is 0 Å². The van der Waals surface area contributed by atoms with Gasteiger partial charge < -0.3 is 9.47 Å². The smallest absolute Gasteiger partial charge is 0.430 e. The molecule has 0 aliphatic carbocycles. The van der Waals surface area contributed by atoms with Crippen LogP contribution in [0.25, 0.3) is 0 Å². The van der Waals surface area contributed by atoms with Crippen molar-refractivity contribution in [2.45, 2.75) is 36.9 Å². The molecule has 0 aromatic heterocycles. The molecular formula is C12H5BrF12O2. The zero-order chi connectivity index (χ0) is 21.4. The number of hydrogen-bond acceptors (Lipinski definition) is 2. The van der Waals surface area contributed by atoms with Gasteiger partial charge in [-0.15, -0.1) is 0 Å². The Bertz CT molecular complexity index is 605. The fourth-order valence-electron chi connectivity index (χ4n) is 1.45. The van der Waals surface area contributed by atoms with Gasteiger partial charge in [-0.25, -0.2) is 8.78 Å². The van der Waals surface area contributed by atoms with Gasteiger partial charge in [-0.2, -0.15) is 43.9 Å². The Balaban J connectivity index is 3.11. The Kier molecular flexibility index (Phi) is 6.50. The maximum Gasteiger partial charge on any atom is 0.439 e. The number of alkyl halides is 12. The standard InChI is InChI=1S/C12H5BrF12O2/c13-4-1-5(26-11(22,23)7(14)9(16,17)18)3-6(2-4)27-12(24,25)8(15)10(19,20)21/h1-3,7-8H. The van der Waals surface area contributed by atoms with Gasteiger partial charge in [0.15, 0.2) is 0 Å². The summed E-state index contributed by atoms with van der Waals surface area (Å²) in [6, 6.07) is 0.871. The summed E-state index contributed by atoms with van der Waals surface area (Å²) in [5.41, 5.74) is 0. The van der Waals surface area contributed by atoms with Gasteiger partial charge >= 0.3 is 24.6 Å². The molecule has 0 aliphatic heterocycles. The van der Waals surface area contributed by atoms with E-state index in [1.54, 1.807) is 0 Å². The zero-order valence-electron chi connectivity index (χ0n) is 12.1. The Morgan fingerprint density at radius 1 is 0.630 bits per heavy atom. The molecule has 2 nitrogen and oxygen atoms in total. The van der Waals surface area contributed by atoms with Crippen LogP contribution in [0.2, 0.25) is 0 Å². The Morgan fingerprint density at radius 2 is 0.926 bits per heavy atom. The molecule has 0 spiro atoms. The van der Waals surface area contributed by atoms with E-state index in [1.807, 2.05) is 0 Å². The Labute approximate surface area is 150 Å². The van der Waals surface area contributed by atoms with Gasteiger partial charge in [-0.3, -0.25) is 0 Å². The second-order valence-electron chi connectivity index (χ2n) is 4.76. The van der Waals surface area contributed by atoms with Crippen LogP contribution < -0.4 is 9.47 Å².